The zero-order valence-corrected chi connectivity index (χ0v) is 8.75. The van der Waals surface area contributed by atoms with Crippen molar-refractivity contribution in [2.24, 2.45) is 5.84 Å². The number of aryl methyl sites for hydroxylation is 2. The van der Waals surface area contributed by atoms with Crippen LogP contribution >= 0.6 is 0 Å². The fraction of sp³-hybridized carbons (Fsp3) is 0.364. The van der Waals surface area contributed by atoms with Crippen LogP contribution in [-0.2, 0) is 0 Å². The van der Waals surface area contributed by atoms with E-state index in [2.05, 4.69) is 23.1 Å². The Balaban J connectivity index is 2.97. The highest BCUT2D eigenvalue weighted by molar-refractivity contribution is 5.25. The zero-order valence-electron chi connectivity index (χ0n) is 8.75. The third-order valence-electron chi connectivity index (χ3n) is 2.19. The van der Waals surface area contributed by atoms with E-state index in [-0.39, 0.29) is 6.04 Å². The molecule has 1 rings (SSSR count). The number of nitrogens with two attached hydrogens (primary N) is 1. The van der Waals surface area contributed by atoms with E-state index in [0.717, 1.165) is 17.7 Å². The highest BCUT2D eigenvalue weighted by Crippen LogP contribution is 2.18. The minimum atomic E-state index is 0.0631. The van der Waals surface area contributed by atoms with Crippen LogP contribution in [0.3, 0.4) is 0 Å². The minimum Gasteiger partial charge on any atom is -0.271 e. The van der Waals surface area contributed by atoms with Crippen molar-refractivity contribution < 1.29 is 0 Å². The Kier molecular flexibility index (Phi) is 3.80. The predicted molar refractivity (Wildman–Crippen MR) is 58.6 cm³/mol. The van der Waals surface area contributed by atoms with E-state index >= 15 is 0 Å². The normalized spacial score (nSPS) is 12.5. The van der Waals surface area contributed by atoms with E-state index in [0.29, 0.717) is 0 Å². The van der Waals surface area contributed by atoms with Gasteiger partial charge in [-0.1, -0.05) is 12.1 Å². The summed E-state index contributed by atoms with van der Waals surface area (Å²) in [5, 5.41) is 0. The maximum Gasteiger partial charge on any atom is 0.0669 e. The summed E-state index contributed by atoms with van der Waals surface area (Å²) in [5.74, 6) is 5.46. The molecule has 0 aliphatic carbocycles. The van der Waals surface area contributed by atoms with Gasteiger partial charge in [0.25, 0.3) is 0 Å². The second-order valence-electron chi connectivity index (χ2n) is 3.46. The van der Waals surface area contributed by atoms with Gasteiger partial charge in [0.05, 0.1) is 11.7 Å². The lowest BCUT2D eigenvalue weighted by atomic mass is 10.0. The topological polar surface area (TPSA) is 50.9 Å². The van der Waals surface area contributed by atoms with E-state index in [1.54, 1.807) is 0 Å². The molecule has 76 valence electrons. The Morgan fingerprint density at radius 1 is 1.64 bits per heavy atom. The van der Waals surface area contributed by atoms with Crippen LogP contribution in [0.15, 0.2) is 24.9 Å². The van der Waals surface area contributed by atoms with Gasteiger partial charge in [-0.2, -0.15) is 0 Å². The van der Waals surface area contributed by atoms with Gasteiger partial charge in [0, 0.05) is 6.20 Å². The van der Waals surface area contributed by atoms with Crippen molar-refractivity contribution in [1.82, 2.24) is 10.4 Å². The molecule has 3 heteroatoms. The number of hydrogen-bond acceptors (Lipinski definition) is 3. The van der Waals surface area contributed by atoms with Gasteiger partial charge < -0.3 is 0 Å². The van der Waals surface area contributed by atoms with Crippen molar-refractivity contribution in [3.63, 3.8) is 0 Å². The Bertz CT molecular complexity index is 320. The number of aromatic nitrogens is 1. The second-order valence-corrected chi connectivity index (χ2v) is 3.46. The van der Waals surface area contributed by atoms with Crippen molar-refractivity contribution in [2.75, 3.05) is 0 Å². The number of hydrazine groups is 1. The lowest BCUT2D eigenvalue weighted by Crippen LogP contribution is -2.28. The number of pyridine rings is 1. The fourth-order valence-electron chi connectivity index (χ4n) is 1.52. The molecule has 1 unspecified atom stereocenters. The number of rotatable bonds is 4. The Labute approximate surface area is 85.0 Å². The predicted octanol–water partition coefficient (Wildman–Crippen LogP) is 1.78. The van der Waals surface area contributed by atoms with Crippen LogP contribution in [0.25, 0.3) is 0 Å². The maximum absolute atomic E-state index is 5.46. The van der Waals surface area contributed by atoms with E-state index in [1.807, 2.05) is 26.1 Å². The molecule has 0 bridgehead atoms. The van der Waals surface area contributed by atoms with Gasteiger partial charge in [0.15, 0.2) is 0 Å². The summed E-state index contributed by atoms with van der Waals surface area (Å²) >= 11 is 0. The summed E-state index contributed by atoms with van der Waals surface area (Å²) in [6.45, 7) is 7.77. The molecule has 0 saturated heterocycles. The molecule has 0 amide bonds. The summed E-state index contributed by atoms with van der Waals surface area (Å²) in [7, 11) is 0. The molecule has 0 aliphatic heterocycles. The standard InChI is InChI=1S/C11H17N3/c1-4-5-10(14-12)11-9(3)6-8(2)7-13-11/h4,6-7,10,14H,1,5,12H2,2-3H3. The molecule has 1 aromatic rings. The molecule has 0 aliphatic rings. The van der Waals surface area contributed by atoms with E-state index in [4.69, 9.17) is 5.84 Å². The van der Waals surface area contributed by atoms with Gasteiger partial charge in [-0.3, -0.25) is 16.3 Å². The number of hydrogen-bond donors (Lipinski definition) is 2. The first kappa shape index (κ1) is 10.9. The third kappa shape index (κ3) is 2.40. The van der Waals surface area contributed by atoms with Crippen LogP contribution in [0.1, 0.15) is 29.3 Å². The van der Waals surface area contributed by atoms with Gasteiger partial charge in [0.1, 0.15) is 0 Å². The largest absolute Gasteiger partial charge is 0.271 e. The van der Waals surface area contributed by atoms with Crippen LogP contribution in [0.5, 0.6) is 0 Å². The smallest absolute Gasteiger partial charge is 0.0669 e. The highest BCUT2D eigenvalue weighted by atomic mass is 15.2. The second kappa shape index (κ2) is 4.88. The molecule has 1 heterocycles. The van der Waals surface area contributed by atoms with E-state index < -0.39 is 0 Å². The summed E-state index contributed by atoms with van der Waals surface area (Å²) in [6, 6.07) is 2.17. The molecule has 0 spiro atoms. The van der Waals surface area contributed by atoms with Crippen molar-refractivity contribution >= 4 is 0 Å². The van der Waals surface area contributed by atoms with E-state index in [9.17, 15) is 0 Å². The van der Waals surface area contributed by atoms with Crippen LogP contribution < -0.4 is 11.3 Å². The summed E-state index contributed by atoms with van der Waals surface area (Å²) in [5.41, 5.74) is 6.07. The maximum atomic E-state index is 5.46. The van der Waals surface area contributed by atoms with Gasteiger partial charge in [0.2, 0.25) is 0 Å². The van der Waals surface area contributed by atoms with Crippen LogP contribution in [0.2, 0.25) is 0 Å². The first-order valence-corrected chi connectivity index (χ1v) is 4.69. The summed E-state index contributed by atoms with van der Waals surface area (Å²) in [6.07, 6.45) is 4.48. The molecular weight excluding hydrogens is 174 g/mol. The van der Waals surface area contributed by atoms with E-state index in [1.165, 1.54) is 5.56 Å². The highest BCUT2D eigenvalue weighted by Gasteiger charge is 2.11. The molecule has 1 aromatic heterocycles. The molecule has 14 heavy (non-hydrogen) atoms. The van der Waals surface area contributed by atoms with Crippen molar-refractivity contribution in [3.05, 3.63) is 41.7 Å². The lowest BCUT2D eigenvalue weighted by Gasteiger charge is -2.15. The lowest BCUT2D eigenvalue weighted by molar-refractivity contribution is 0.544. The monoisotopic (exact) mass is 191 g/mol. The average Bonchev–Trinajstić information content (AvgIpc) is 2.15. The Morgan fingerprint density at radius 3 is 2.86 bits per heavy atom. The van der Waals surface area contributed by atoms with Crippen molar-refractivity contribution in [2.45, 2.75) is 26.3 Å². The quantitative estimate of drug-likeness (QED) is 0.433. The van der Waals surface area contributed by atoms with Crippen LogP contribution in [0, 0.1) is 13.8 Å². The molecule has 3 nitrogen and oxygen atoms in total. The molecule has 0 radical (unpaired) electrons. The van der Waals surface area contributed by atoms with Crippen molar-refractivity contribution in [1.29, 1.82) is 0 Å². The molecule has 1 atom stereocenters. The van der Waals surface area contributed by atoms with Crippen molar-refractivity contribution in [3.8, 4) is 0 Å². The first-order chi connectivity index (χ1) is 6.69. The third-order valence-corrected chi connectivity index (χ3v) is 2.19. The minimum absolute atomic E-state index is 0.0631. The van der Waals surface area contributed by atoms with Gasteiger partial charge in [-0.15, -0.1) is 6.58 Å². The fourth-order valence-corrected chi connectivity index (χ4v) is 1.52. The average molecular weight is 191 g/mol. The molecule has 0 fully saturated rings. The van der Waals surface area contributed by atoms with Crippen LogP contribution in [-0.4, -0.2) is 4.98 Å². The molecule has 0 saturated carbocycles. The van der Waals surface area contributed by atoms with Gasteiger partial charge in [-0.05, 0) is 31.4 Å². The Hall–Kier alpha value is -1.19. The Morgan fingerprint density at radius 2 is 2.36 bits per heavy atom. The number of nitrogens with zero attached hydrogens (tertiary/aromatic N) is 1. The SMILES string of the molecule is C=CCC(NN)c1ncc(C)cc1C. The number of nitrogens with one attached hydrogen (secondary N) is 1. The van der Waals surface area contributed by atoms with Crippen LogP contribution in [0.4, 0.5) is 0 Å². The molecule has 0 aromatic carbocycles. The van der Waals surface area contributed by atoms with Gasteiger partial charge in [-0.25, -0.2) is 0 Å². The summed E-state index contributed by atoms with van der Waals surface area (Å²) < 4.78 is 0. The van der Waals surface area contributed by atoms with Gasteiger partial charge >= 0.3 is 0 Å². The molecule has 3 N–H and O–H groups in total. The summed E-state index contributed by atoms with van der Waals surface area (Å²) in [4.78, 5) is 4.38. The molecular formula is C11H17N3. The first-order valence-electron chi connectivity index (χ1n) is 4.69. The zero-order chi connectivity index (χ0) is 10.6.